The van der Waals surface area contributed by atoms with Crippen molar-refractivity contribution in [3.63, 3.8) is 0 Å². The predicted octanol–water partition coefficient (Wildman–Crippen LogP) is 0.618. The molecule has 120 valence electrons. The molecule has 6 heteroatoms. The minimum atomic E-state index is -0.320. The van der Waals surface area contributed by atoms with Gasteiger partial charge in [0.25, 0.3) is 0 Å². The second kappa shape index (κ2) is 6.91. The van der Waals surface area contributed by atoms with Crippen molar-refractivity contribution < 1.29 is 14.4 Å². The normalized spacial score (nSPS) is 18.8. The van der Waals surface area contributed by atoms with E-state index in [0.717, 1.165) is 0 Å². The predicted molar refractivity (Wildman–Crippen MR) is 80.5 cm³/mol. The van der Waals surface area contributed by atoms with E-state index in [4.69, 9.17) is 0 Å². The molecule has 0 aromatic rings. The Morgan fingerprint density at radius 2 is 1.95 bits per heavy atom. The van der Waals surface area contributed by atoms with Gasteiger partial charge in [-0.05, 0) is 34.6 Å². The first-order chi connectivity index (χ1) is 9.67. The van der Waals surface area contributed by atoms with Gasteiger partial charge in [-0.25, -0.2) is 0 Å². The van der Waals surface area contributed by atoms with Gasteiger partial charge in [-0.3, -0.25) is 14.4 Å². The summed E-state index contributed by atoms with van der Waals surface area (Å²) in [5.41, 5.74) is -0.318. The lowest BCUT2D eigenvalue weighted by atomic mass is 10.1. The van der Waals surface area contributed by atoms with Gasteiger partial charge in [0.1, 0.15) is 0 Å². The van der Waals surface area contributed by atoms with Crippen molar-refractivity contribution in [3.05, 3.63) is 0 Å². The van der Waals surface area contributed by atoms with Crippen LogP contribution >= 0.6 is 0 Å². The third-order valence-electron chi connectivity index (χ3n) is 3.49. The maximum atomic E-state index is 12.5. The summed E-state index contributed by atoms with van der Waals surface area (Å²) in [5, 5.41) is 2.85. The number of rotatable bonds is 5. The third kappa shape index (κ3) is 5.02. The molecule has 1 heterocycles. The van der Waals surface area contributed by atoms with Crippen molar-refractivity contribution in [2.24, 2.45) is 5.92 Å². The lowest BCUT2D eigenvalue weighted by Gasteiger charge is -2.26. The molecule has 1 fully saturated rings. The number of hydrogen-bond acceptors (Lipinski definition) is 3. The molecular formula is C15H27N3O3. The van der Waals surface area contributed by atoms with Crippen molar-refractivity contribution in [2.75, 3.05) is 26.2 Å². The molecule has 1 N–H and O–H groups in total. The van der Waals surface area contributed by atoms with Gasteiger partial charge in [0, 0.05) is 31.6 Å². The van der Waals surface area contributed by atoms with Crippen LogP contribution in [0.2, 0.25) is 0 Å². The Morgan fingerprint density at radius 1 is 1.33 bits per heavy atom. The zero-order chi connectivity index (χ0) is 16.2. The van der Waals surface area contributed by atoms with Gasteiger partial charge < -0.3 is 15.1 Å². The largest absolute Gasteiger partial charge is 0.350 e. The molecular weight excluding hydrogens is 270 g/mol. The van der Waals surface area contributed by atoms with Crippen LogP contribution < -0.4 is 5.32 Å². The molecule has 1 aliphatic heterocycles. The summed E-state index contributed by atoms with van der Waals surface area (Å²) >= 11 is 0. The maximum Gasteiger partial charge on any atom is 0.240 e. The summed E-state index contributed by atoms with van der Waals surface area (Å²) in [7, 11) is 0. The van der Waals surface area contributed by atoms with Crippen LogP contribution in [0, 0.1) is 5.92 Å². The summed E-state index contributed by atoms with van der Waals surface area (Å²) in [6.07, 6.45) is 0.254. The van der Waals surface area contributed by atoms with E-state index in [1.165, 1.54) is 4.90 Å². The number of likely N-dealkylation sites (N-methyl/N-ethyl adjacent to an activating group) is 1. The molecule has 21 heavy (non-hydrogen) atoms. The smallest absolute Gasteiger partial charge is 0.240 e. The fraction of sp³-hybridized carbons (Fsp3) is 0.800. The lowest BCUT2D eigenvalue weighted by molar-refractivity contribution is -0.139. The Bertz CT molecular complexity index is 415. The van der Waals surface area contributed by atoms with Crippen LogP contribution in [0.5, 0.6) is 0 Å². The molecule has 3 amide bonds. The van der Waals surface area contributed by atoms with Gasteiger partial charge in [0.05, 0.1) is 12.5 Å². The Kier molecular flexibility index (Phi) is 5.75. The summed E-state index contributed by atoms with van der Waals surface area (Å²) in [4.78, 5) is 39.3. The molecule has 1 atom stereocenters. The number of carbonyl (C=O) groups excluding carboxylic acids is 3. The van der Waals surface area contributed by atoms with Crippen molar-refractivity contribution in [3.8, 4) is 0 Å². The summed E-state index contributed by atoms with van der Waals surface area (Å²) < 4.78 is 0. The van der Waals surface area contributed by atoms with Crippen LogP contribution in [0.4, 0.5) is 0 Å². The molecule has 0 aliphatic carbocycles. The average molecular weight is 297 g/mol. The van der Waals surface area contributed by atoms with E-state index in [2.05, 4.69) is 5.32 Å². The van der Waals surface area contributed by atoms with Gasteiger partial charge in [-0.1, -0.05) is 0 Å². The molecule has 0 radical (unpaired) electrons. The zero-order valence-corrected chi connectivity index (χ0v) is 13.7. The summed E-state index contributed by atoms with van der Waals surface area (Å²) in [6.45, 7) is 11.0. The quantitative estimate of drug-likeness (QED) is 0.808. The fourth-order valence-electron chi connectivity index (χ4n) is 2.48. The summed E-state index contributed by atoms with van der Waals surface area (Å²) in [5.74, 6) is -0.578. The minimum Gasteiger partial charge on any atom is -0.350 e. The van der Waals surface area contributed by atoms with E-state index < -0.39 is 0 Å². The van der Waals surface area contributed by atoms with E-state index in [9.17, 15) is 14.4 Å². The van der Waals surface area contributed by atoms with Gasteiger partial charge in [0.15, 0.2) is 0 Å². The molecule has 1 rings (SSSR count). The Balaban J connectivity index is 2.62. The second-order valence-electron chi connectivity index (χ2n) is 6.48. The van der Waals surface area contributed by atoms with E-state index in [1.54, 1.807) is 4.90 Å². The molecule has 1 aliphatic rings. The van der Waals surface area contributed by atoms with Gasteiger partial charge in [-0.15, -0.1) is 0 Å². The van der Waals surface area contributed by atoms with Crippen LogP contribution in [-0.2, 0) is 14.4 Å². The van der Waals surface area contributed by atoms with Crippen molar-refractivity contribution in [1.82, 2.24) is 15.1 Å². The minimum absolute atomic E-state index is 0.0195. The van der Waals surface area contributed by atoms with Crippen LogP contribution in [0.3, 0.4) is 0 Å². The van der Waals surface area contributed by atoms with Crippen LogP contribution in [0.15, 0.2) is 0 Å². The number of nitrogens with zero attached hydrogens (tertiary/aromatic N) is 2. The summed E-state index contributed by atoms with van der Waals surface area (Å²) in [6, 6.07) is 0. The number of hydrogen-bond donors (Lipinski definition) is 1. The first-order valence-corrected chi connectivity index (χ1v) is 7.55. The van der Waals surface area contributed by atoms with Crippen molar-refractivity contribution >= 4 is 17.7 Å². The molecule has 6 nitrogen and oxygen atoms in total. The third-order valence-corrected chi connectivity index (χ3v) is 3.49. The average Bonchev–Trinajstić information content (AvgIpc) is 2.74. The molecule has 0 unspecified atom stereocenters. The van der Waals surface area contributed by atoms with Crippen molar-refractivity contribution in [1.29, 1.82) is 0 Å². The highest BCUT2D eigenvalue weighted by Crippen LogP contribution is 2.19. The molecule has 0 bridgehead atoms. The maximum absolute atomic E-state index is 12.5. The van der Waals surface area contributed by atoms with Crippen molar-refractivity contribution in [2.45, 2.75) is 46.6 Å². The van der Waals surface area contributed by atoms with Crippen LogP contribution in [-0.4, -0.2) is 59.2 Å². The SMILES string of the molecule is CCN1C[C@H](C(=O)N(CC)CC(=O)NC(C)(C)C)CC1=O. The van der Waals surface area contributed by atoms with E-state index in [-0.39, 0.29) is 42.1 Å². The Hall–Kier alpha value is -1.59. The highest BCUT2D eigenvalue weighted by atomic mass is 16.2. The molecule has 0 aromatic heterocycles. The van der Waals surface area contributed by atoms with E-state index in [0.29, 0.717) is 19.6 Å². The Labute approximate surface area is 126 Å². The van der Waals surface area contributed by atoms with Gasteiger partial charge in [0.2, 0.25) is 17.7 Å². The van der Waals surface area contributed by atoms with Crippen LogP contribution in [0.1, 0.15) is 41.0 Å². The standard InChI is InChI=1S/C15H27N3O3/c1-6-17-9-11(8-13(17)20)14(21)18(7-2)10-12(19)16-15(3,4)5/h11H,6-10H2,1-5H3,(H,16,19)/t11-/m1/s1. The monoisotopic (exact) mass is 297 g/mol. The first kappa shape index (κ1) is 17.5. The highest BCUT2D eigenvalue weighted by Gasteiger charge is 2.35. The topological polar surface area (TPSA) is 69.7 Å². The first-order valence-electron chi connectivity index (χ1n) is 7.55. The molecule has 0 spiro atoms. The molecule has 0 saturated carbocycles. The number of amides is 3. The van der Waals surface area contributed by atoms with Crippen LogP contribution in [0.25, 0.3) is 0 Å². The molecule has 0 aromatic carbocycles. The van der Waals surface area contributed by atoms with Gasteiger partial charge >= 0.3 is 0 Å². The number of carbonyl (C=O) groups is 3. The zero-order valence-electron chi connectivity index (χ0n) is 13.7. The van der Waals surface area contributed by atoms with E-state index >= 15 is 0 Å². The number of likely N-dealkylation sites (tertiary alicyclic amines) is 1. The second-order valence-corrected chi connectivity index (χ2v) is 6.48. The highest BCUT2D eigenvalue weighted by molar-refractivity contribution is 5.91. The number of nitrogens with one attached hydrogen (secondary N) is 1. The van der Waals surface area contributed by atoms with E-state index in [1.807, 2.05) is 34.6 Å². The molecule has 1 saturated heterocycles. The Morgan fingerprint density at radius 3 is 2.38 bits per heavy atom. The fourth-order valence-corrected chi connectivity index (χ4v) is 2.48. The lowest BCUT2D eigenvalue weighted by Crippen LogP contribution is -2.48. The van der Waals surface area contributed by atoms with Gasteiger partial charge in [-0.2, -0.15) is 0 Å².